The predicted molar refractivity (Wildman–Crippen MR) is 87.8 cm³/mol. The van der Waals surface area contributed by atoms with Crippen molar-refractivity contribution >= 4 is 50.3 Å². The molecule has 0 bridgehead atoms. The molecule has 0 unspecified atom stereocenters. The zero-order valence-electron chi connectivity index (χ0n) is 11.4. The maximum Gasteiger partial charge on any atom is 0.312 e. The summed E-state index contributed by atoms with van der Waals surface area (Å²) in [5.41, 5.74) is -0.518. The van der Waals surface area contributed by atoms with Crippen LogP contribution in [-0.4, -0.2) is 19.6 Å². The number of hydrogen-bond donors (Lipinski definition) is 0. The molecule has 0 radical (unpaired) electrons. The highest BCUT2D eigenvalue weighted by molar-refractivity contribution is 7.90. The van der Waals surface area contributed by atoms with Gasteiger partial charge in [0.1, 0.15) is 5.75 Å². The Labute approximate surface area is 146 Å². The van der Waals surface area contributed by atoms with Gasteiger partial charge < -0.3 is 4.74 Å². The van der Waals surface area contributed by atoms with Gasteiger partial charge in [-0.1, -0.05) is 34.8 Å². The number of halogens is 3. The third kappa shape index (κ3) is 4.06. The fourth-order valence-electron chi connectivity index (χ4n) is 1.66. The normalized spacial score (nSPS) is 11.3. The van der Waals surface area contributed by atoms with E-state index in [1.54, 1.807) is 0 Å². The van der Waals surface area contributed by atoms with Crippen molar-refractivity contribution in [2.75, 3.05) is 6.26 Å². The molecule has 2 aromatic carbocycles. The molecule has 122 valence electrons. The van der Waals surface area contributed by atoms with Gasteiger partial charge in [-0.05, 0) is 18.2 Å². The molecular formula is C13H8Cl3NO5S. The van der Waals surface area contributed by atoms with Gasteiger partial charge in [-0.25, -0.2) is 8.42 Å². The minimum Gasteiger partial charge on any atom is -0.448 e. The maximum atomic E-state index is 11.5. The molecule has 10 heteroatoms. The Bertz CT molecular complexity index is 899. The Hall–Kier alpha value is -1.54. The number of nitrogens with zero attached hydrogens (tertiary/aromatic N) is 1. The second kappa shape index (κ2) is 6.52. The molecule has 0 heterocycles. The number of ether oxygens (including phenoxy) is 1. The van der Waals surface area contributed by atoms with Gasteiger partial charge in [0.2, 0.25) is 5.75 Å². The standard InChI is InChI=1S/C13H8Cl3NO5S/c1-23(20,21)7-2-3-12(11(4-7)17(18)19)22-13-6-9(15)8(14)5-10(13)16/h2-6H,1H3. The van der Waals surface area contributed by atoms with E-state index in [2.05, 4.69) is 0 Å². The number of sulfone groups is 1. The molecule has 0 aromatic heterocycles. The Morgan fingerprint density at radius 1 is 1.00 bits per heavy atom. The van der Waals surface area contributed by atoms with E-state index in [4.69, 9.17) is 39.5 Å². The number of nitro groups is 1. The summed E-state index contributed by atoms with van der Waals surface area (Å²) >= 11 is 17.6. The van der Waals surface area contributed by atoms with Gasteiger partial charge in [0, 0.05) is 18.4 Å². The van der Waals surface area contributed by atoms with Crippen LogP contribution in [0.25, 0.3) is 0 Å². The van der Waals surface area contributed by atoms with Gasteiger partial charge >= 0.3 is 5.69 Å². The van der Waals surface area contributed by atoms with Gasteiger partial charge in [-0.3, -0.25) is 10.1 Å². The fourth-order valence-corrected chi connectivity index (χ4v) is 2.87. The molecule has 0 spiro atoms. The van der Waals surface area contributed by atoms with Crippen molar-refractivity contribution in [2.24, 2.45) is 0 Å². The molecule has 0 atom stereocenters. The minimum atomic E-state index is -3.59. The van der Waals surface area contributed by atoms with E-state index in [1.807, 2.05) is 0 Å². The second-order valence-corrected chi connectivity index (χ2v) is 7.69. The number of rotatable bonds is 4. The van der Waals surface area contributed by atoms with Crippen molar-refractivity contribution in [2.45, 2.75) is 4.90 Å². The minimum absolute atomic E-state index is 0.0521. The van der Waals surface area contributed by atoms with E-state index in [1.165, 1.54) is 24.3 Å². The molecule has 0 aliphatic heterocycles. The summed E-state index contributed by atoms with van der Waals surface area (Å²) in [6, 6.07) is 5.92. The predicted octanol–water partition coefficient (Wildman–Crippen LogP) is 4.75. The van der Waals surface area contributed by atoms with Gasteiger partial charge in [0.15, 0.2) is 9.84 Å². The van der Waals surface area contributed by atoms with E-state index < -0.39 is 20.4 Å². The van der Waals surface area contributed by atoms with Gasteiger partial charge in [0.05, 0.1) is 24.9 Å². The topological polar surface area (TPSA) is 86.5 Å². The second-order valence-electron chi connectivity index (χ2n) is 4.46. The third-order valence-electron chi connectivity index (χ3n) is 2.75. The lowest BCUT2D eigenvalue weighted by Crippen LogP contribution is -2.00. The molecule has 0 aliphatic carbocycles. The van der Waals surface area contributed by atoms with Crippen LogP contribution in [0.5, 0.6) is 11.5 Å². The first-order valence-electron chi connectivity index (χ1n) is 5.90. The highest BCUT2D eigenvalue weighted by atomic mass is 35.5. The van der Waals surface area contributed by atoms with E-state index >= 15 is 0 Å². The average molecular weight is 397 g/mol. The molecule has 0 saturated heterocycles. The molecule has 0 amide bonds. The molecule has 0 saturated carbocycles. The van der Waals surface area contributed by atoms with E-state index in [0.29, 0.717) is 0 Å². The van der Waals surface area contributed by atoms with Crippen molar-refractivity contribution in [1.29, 1.82) is 0 Å². The first kappa shape index (κ1) is 17.8. The molecule has 2 rings (SSSR count). The van der Waals surface area contributed by atoms with Crippen LogP contribution in [0.2, 0.25) is 15.1 Å². The maximum absolute atomic E-state index is 11.5. The summed E-state index contributed by atoms with van der Waals surface area (Å²) in [5, 5.41) is 11.6. The van der Waals surface area contributed by atoms with Crippen LogP contribution in [0.3, 0.4) is 0 Å². The zero-order valence-corrected chi connectivity index (χ0v) is 14.5. The van der Waals surface area contributed by atoms with Crippen LogP contribution < -0.4 is 4.74 Å². The average Bonchev–Trinajstić information content (AvgIpc) is 2.43. The zero-order chi connectivity index (χ0) is 17.4. The lowest BCUT2D eigenvalue weighted by Gasteiger charge is -2.10. The van der Waals surface area contributed by atoms with Crippen LogP contribution in [0.1, 0.15) is 0 Å². The fraction of sp³-hybridized carbons (Fsp3) is 0.0769. The third-order valence-corrected chi connectivity index (χ3v) is 4.88. The summed E-state index contributed by atoms with van der Waals surface area (Å²) in [5.74, 6) is -0.126. The number of benzene rings is 2. The highest BCUT2D eigenvalue weighted by Gasteiger charge is 2.21. The largest absolute Gasteiger partial charge is 0.448 e. The summed E-state index contributed by atoms with van der Waals surface area (Å²) in [6.07, 6.45) is 0.947. The van der Waals surface area contributed by atoms with Crippen molar-refractivity contribution in [3.05, 3.63) is 55.5 Å². The monoisotopic (exact) mass is 395 g/mol. The molecule has 2 aromatic rings. The van der Waals surface area contributed by atoms with Crippen molar-refractivity contribution in [3.8, 4) is 11.5 Å². The summed E-state index contributed by atoms with van der Waals surface area (Å²) in [6.45, 7) is 0. The lowest BCUT2D eigenvalue weighted by atomic mass is 10.3. The van der Waals surface area contributed by atoms with Crippen LogP contribution >= 0.6 is 34.8 Å². The van der Waals surface area contributed by atoms with Crippen LogP contribution in [0, 0.1) is 10.1 Å². The van der Waals surface area contributed by atoms with E-state index in [0.717, 1.165) is 12.3 Å². The van der Waals surface area contributed by atoms with Gasteiger partial charge in [-0.15, -0.1) is 0 Å². The molecule has 0 fully saturated rings. The first-order valence-corrected chi connectivity index (χ1v) is 8.93. The lowest BCUT2D eigenvalue weighted by molar-refractivity contribution is -0.385. The van der Waals surface area contributed by atoms with Crippen molar-refractivity contribution in [1.82, 2.24) is 0 Å². The van der Waals surface area contributed by atoms with Crippen LogP contribution in [0.15, 0.2) is 35.2 Å². The van der Waals surface area contributed by atoms with Crippen molar-refractivity contribution < 1.29 is 18.1 Å². The molecular weight excluding hydrogens is 389 g/mol. The molecule has 0 N–H and O–H groups in total. The summed E-state index contributed by atoms with van der Waals surface area (Å²) in [7, 11) is -3.59. The highest BCUT2D eigenvalue weighted by Crippen LogP contribution is 2.39. The molecule has 6 nitrogen and oxygen atoms in total. The smallest absolute Gasteiger partial charge is 0.312 e. The Balaban J connectivity index is 2.52. The van der Waals surface area contributed by atoms with E-state index in [-0.39, 0.29) is 31.5 Å². The quantitative estimate of drug-likeness (QED) is 0.423. The summed E-state index contributed by atoms with van der Waals surface area (Å²) in [4.78, 5) is 10.2. The number of hydrogen-bond acceptors (Lipinski definition) is 5. The SMILES string of the molecule is CS(=O)(=O)c1ccc(Oc2cc(Cl)c(Cl)cc2Cl)c([N+](=O)[O-])c1. The molecule has 23 heavy (non-hydrogen) atoms. The van der Waals surface area contributed by atoms with Gasteiger partial charge in [0.25, 0.3) is 0 Å². The first-order chi connectivity index (χ1) is 10.6. The van der Waals surface area contributed by atoms with E-state index in [9.17, 15) is 18.5 Å². The van der Waals surface area contributed by atoms with Crippen LogP contribution in [0.4, 0.5) is 5.69 Å². The van der Waals surface area contributed by atoms with Crippen molar-refractivity contribution in [3.63, 3.8) is 0 Å². The molecule has 0 aliphatic rings. The Morgan fingerprint density at radius 2 is 1.61 bits per heavy atom. The van der Waals surface area contributed by atoms with Crippen LogP contribution in [-0.2, 0) is 9.84 Å². The Morgan fingerprint density at radius 3 is 2.17 bits per heavy atom. The number of nitro benzene ring substituents is 1. The Kier molecular flexibility index (Phi) is 5.05. The summed E-state index contributed by atoms with van der Waals surface area (Å²) < 4.78 is 28.4. The van der Waals surface area contributed by atoms with Gasteiger partial charge in [-0.2, -0.15) is 0 Å².